The normalized spacial score (nSPS) is 21.2. The monoisotopic (exact) mass is 894 g/mol. The van der Waals surface area contributed by atoms with Gasteiger partial charge in [0, 0.05) is 102 Å². The average molecular weight is 895 g/mol. The molecule has 4 heterocycles. The summed E-state index contributed by atoms with van der Waals surface area (Å²) in [5, 5.41) is 14.9. The molecule has 17 nitrogen and oxygen atoms in total. The SMILES string of the molecule is CN1C(=O)C[C@H](C(=O)NCCCOCCCNC(=O)CCCC(=O)NC2CCC(C(=O)NCCN3CC[C@H](Nc4ncnc5ccc(C(F)(F)F)cc45)C3=O)CC2)[C@H]1c1cccnc1. The predicted molar refractivity (Wildman–Crippen MR) is 228 cm³/mol. The fourth-order valence-electron chi connectivity index (χ4n) is 8.50. The van der Waals surface area contributed by atoms with E-state index < -0.39 is 23.7 Å². The van der Waals surface area contributed by atoms with Gasteiger partial charge in [-0.1, -0.05) is 6.07 Å². The number of hydrogen-bond donors (Lipinski definition) is 5. The fraction of sp³-hybridized carbons (Fsp3) is 0.568. The van der Waals surface area contributed by atoms with Gasteiger partial charge in [0.05, 0.1) is 23.0 Å². The van der Waals surface area contributed by atoms with Crippen LogP contribution < -0.4 is 26.6 Å². The van der Waals surface area contributed by atoms with Crippen LogP contribution in [0.1, 0.15) is 87.8 Å². The topological polar surface area (TPSA) is 217 Å². The predicted octanol–water partition coefficient (Wildman–Crippen LogP) is 3.27. The molecule has 2 saturated heterocycles. The number of benzene rings is 1. The van der Waals surface area contributed by atoms with Crippen molar-refractivity contribution in [1.29, 1.82) is 0 Å². The molecule has 0 unspecified atom stereocenters. The summed E-state index contributed by atoms with van der Waals surface area (Å²) in [4.78, 5) is 91.6. The number of nitrogens with one attached hydrogen (secondary N) is 5. The molecule has 3 fully saturated rings. The summed E-state index contributed by atoms with van der Waals surface area (Å²) in [6.45, 7) is 2.69. The van der Waals surface area contributed by atoms with Crippen LogP contribution in [0.25, 0.3) is 10.9 Å². The number of carbonyl (C=O) groups is 6. The number of carbonyl (C=O) groups excluding carboxylic acids is 6. The van der Waals surface area contributed by atoms with Crippen molar-refractivity contribution in [3.05, 3.63) is 60.2 Å². The van der Waals surface area contributed by atoms with Crippen LogP contribution in [0, 0.1) is 11.8 Å². The molecule has 5 N–H and O–H groups in total. The number of halogens is 3. The minimum atomic E-state index is -4.54. The molecule has 2 aliphatic heterocycles. The van der Waals surface area contributed by atoms with Crippen molar-refractivity contribution in [2.24, 2.45) is 11.8 Å². The third kappa shape index (κ3) is 13.1. The highest BCUT2D eigenvalue weighted by atomic mass is 19.4. The van der Waals surface area contributed by atoms with Crippen molar-refractivity contribution < 1.29 is 46.7 Å². The summed E-state index contributed by atoms with van der Waals surface area (Å²) in [5.41, 5.74) is 0.310. The zero-order chi connectivity index (χ0) is 45.6. The quantitative estimate of drug-likeness (QED) is 0.0979. The molecule has 1 aliphatic carbocycles. The van der Waals surface area contributed by atoms with Crippen molar-refractivity contribution in [2.45, 2.75) is 94.9 Å². The Morgan fingerprint density at radius 3 is 2.33 bits per heavy atom. The highest BCUT2D eigenvalue weighted by Gasteiger charge is 2.42. The van der Waals surface area contributed by atoms with Crippen LogP contribution in [0.15, 0.2) is 49.1 Å². The van der Waals surface area contributed by atoms with Crippen molar-refractivity contribution >= 4 is 52.2 Å². The summed E-state index contributed by atoms with van der Waals surface area (Å²) in [5.74, 6) is -1.42. The minimum Gasteiger partial charge on any atom is -0.381 e. The number of fused-ring (bicyclic) bond motifs is 1. The Morgan fingerprint density at radius 2 is 1.59 bits per heavy atom. The van der Waals surface area contributed by atoms with Crippen molar-refractivity contribution in [3.63, 3.8) is 0 Å². The van der Waals surface area contributed by atoms with Gasteiger partial charge in [-0.2, -0.15) is 13.2 Å². The van der Waals surface area contributed by atoms with Gasteiger partial charge in [-0.05, 0) is 81.2 Å². The van der Waals surface area contributed by atoms with E-state index in [9.17, 15) is 41.9 Å². The molecule has 3 atom stereocenters. The number of alkyl halides is 3. The molecule has 20 heteroatoms. The second-order valence-electron chi connectivity index (χ2n) is 16.5. The zero-order valence-electron chi connectivity index (χ0n) is 36.0. The first-order chi connectivity index (χ1) is 30.8. The Hall–Kier alpha value is -5.92. The van der Waals surface area contributed by atoms with E-state index in [-0.39, 0.29) is 97.0 Å². The molecule has 1 saturated carbocycles. The Morgan fingerprint density at radius 1 is 0.859 bits per heavy atom. The molecule has 64 heavy (non-hydrogen) atoms. The van der Waals surface area contributed by atoms with Gasteiger partial charge < -0.3 is 41.1 Å². The molecule has 1 aromatic carbocycles. The van der Waals surface area contributed by atoms with Crippen LogP contribution in [0.4, 0.5) is 19.0 Å². The molecule has 3 aromatic rings. The molecule has 0 bridgehead atoms. The number of rotatable bonds is 21. The van der Waals surface area contributed by atoms with Crippen molar-refractivity contribution in [3.8, 4) is 0 Å². The van der Waals surface area contributed by atoms with E-state index in [1.165, 1.54) is 12.4 Å². The van der Waals surface area contributed by atoms with Crippen LogP contribution in [0.3, 0.4) is 0 Å². The van der Waals surface area contributed by atoms with E-state index in [1.54, 1.807) is 35.3 Å². The van der Waals surface area contributed by atoms with Crippen molar-refractivity contribution in [1.82, 2.24) is 46.0 Å². The third-order valence-corrected chi connectivity index (χ3v) is 12.0. The number of ether oxygens (including phenoxy) is 1. The summed E-state index contributed by atoms with van der Waals surface area (Å²) in [6, 6.07) is 5.77. The summed E-state index contributed by atoms with van der Waals surface area (Å²) in [7, 11) is 1.70. The number of hydrogen-bond acceptors (Lipinski definition) is 11. The summed E-state index contributed by atoms with van der Waals surface area (Å²) in [6.07, 6.45) is 5.16. The van der Waals surface area contributed by atoms with Gasteiger partial charge in [-0.3, -0.25) is 33.8 Å². The van der Waals surface area contributed by atoms with Crippen LogP contribution in [0.5, 0.6) is 0 Å². The van der Waals surface area contributed by atoms with Crippen LogP contribution in [0.2, 0.25) is 0 Å². The number of aromatic nitrogens is 3. The Bertz CT molecular complexity index is 2100. The van der Waals surface area contributed by atoms with Crippen LogP contribution in [-0.2, 0) is 39.7 Å². The molecule has 0 radical (unpaired) electrons. The number of amides is 6. The van der Waals surface area contributed by atoms with Gasteiger partial charge in [-0.15, -0.1) is 0 Å². The maximum atomic E-state index is 13.3. The first kappa shape index (κ1) is 47.6. The Labute approximate surface area is 369 Å². The molecule has 2 aromatic heterocycles. The van der Waals surface area contributed by atoms with E-state index in [0.717, 1.165) is 17.7 Å². The van der Waals surface area contributed by atoms with Gasteiger partial charge in [0.1, 0.15) is 18.2 Å². The number of likely N-dealkylation sites (tertiary alicyclic amines) is 2. The van der Waals surface area contributed by atoms with E-state index >= 15 is 0 Å². The standard InChI is InChI=1S/C44H57F3N10O7/c1-56-38(60)25-33(39(56)29-6-3-16-48-26-29)42(62)50-18-5-23-64-22-4-17-49-36(58)7-2-8-37(59)54-31-12-9-28(10-13-31)41(61)51-19-21-57-20-15-35(43(57)63)55-40-32-24-30(44(45,46)47)11-14-34(32)52-27-53-40/h3,6,11,14,16,24,26-28,31,33,35,39H,2,4-5,7-10,12-13,15,17-23,25H2,1H3,(H,49,58)(H,50,62)(H,51,61)(H,54,59)(H,52,53,55)/t28?,31?,33-,35-,39+/m0/s1. The third-order valence-electron chi connectivity index (χ3n) is 12.0. The summed E-state index contributed by atoms with van der Waals surface area (Å²) < 4.78 is 45.6. The second-order valence-corrected chi connectivity index (χ2v) is 16.5. The summed E-state index contributed by atoms with van der Waals surface area (Å²) >= 11 is 0. The molecule has 346 valence electrons. The van der Waals surface area contributed by atoms with Gasteiger partial charge in [0.2, 0.25) is 35.4 Å². The molecule has 3 aliphatic rings. The van der Waals surface area contributed by atoms with E-state index in [0.29, 0.717) is 89.7 Å². The molecule has 0 spiro atoms. The highest BCUT2D eigenvalue weighted by Crippen LogP contribution is 2.37. The first-order valence-electron chi connectivity index (χ1n) is 22.0. The average Bonchev–Trinajstić information content (AvgIpc) is 3.78. The number of anilines is 1. The molecule has 6 amide bonds. The van der Waals surface area contributed by atoms with Crippen LogP contribution in [-0.4, -0.2) is 125 Å². The lowest BCUT2D eigenvalue weighted by Crippen LogP contribution is -2.43. The molecular formula is C44H57F3N10O7. The van der Waals surface area contributed by atoms with Gasteiger partial charge >= 0.3 is 6.18 Å². The molecule has 6 rings (SSSR count). The minimum absolute atomic E-state index is 0.0508. The zero-order valence-corrected chi connectivity index (χ0v) is 36.0. The van der Waals surface area contributed by atoms with Gasteiger partial charge in [0.25, 0.3) is 0 Å². The first-order valence-corrected chi connectivity index (χ1v) is 22.0. The van der Waals surface area contributed by atoms with Crippen molar-refractivity contribution in [2.75, 3.05) is 58.3 Å². The van der Waals surface area contributed by atoms with E-state index in [2.05, 4.69) is 41.5 Å². The van der Waals surface area contributed by atoms with Gasteiger partial charge in [-0.25, -0.2) is 9.97 Å². The lowest BCUT2D eigenvalue weighted by molar-refractivity contribution is -0.137. The second kappa shape index (κ2) is 22.6. The maximum Gasteiger partial charge on any atom is 0.416 e. The van der Waals surface area contributed by atoms with Gasteiger partial charge in [0.15, 0.2) is 0 Å². The largest absolute Gasteiger partial charge is 0.416 e. The fourth-order valence-corrected chi connectivity index (χ4v) is 8.50. The Kier molecular flexibility index (Phi) is 16.8. The number of pyridine rings is 1. The lowest BCUT2D eigenvalue weighted by Gasteiger charge is -2.28. The Balaban J connectivity index is 0.757. The highest BCUT2D eigenvalue weighted by molar-refractivity contribution is 5.93. The lowest BCUT2D eigenvalue weighted by atomic mass is 9.85. The maximum absolute atomic E-state index is 13.3. The van der Waals surface area contributed by atoms with E-state index in [1.807, 2.05) is 6.07 Å². The smallest absolute Gasteiger partial charge is 0.381 e. The van der Waals surface area contributed by atoms with Crippen LogP contribution >= 0.6 is 0 Å². The van der Waals surface area contributed by atoms with E-state index in [4.69, 9.17) is 4.74 Å². The number of nitrogens with zero attached hydrogens (tertiary/aromatic N) is 5. The molecular weight excluding hydrogens is 838 g/mol.